The SMILES string of the molecule is CCC1CCCC(C)C1N=C(NC(C)(C)CC)SC. The topological polar surface area (TPSA) is 24.4 Å². The quantitative estimate of drug-likeness (QED) is 0.598. The molecule has 1 N–H and O–H groups in total. The zero-order chi connectivity index (χ0) is 14.5. The van der Waals surface area contributed by atoms with Crippen molar-refractivity contribution >= 4 is 16.9 Å². The molecule has 0 saturated heterocycles. The highest BCUT2D eigenvalue weighted by Gasteiger charge is 2.30. The lowest BCUT2D eigenvalue weighted by Gasteiger charge is -2.35. The van der Waals surface area contributed by atoms with E-state index in [0.29, 0.717) is 6.04 Å². The molecule has 0 spiro atoms. The maximum Gasteiger partial charge on any atom is 0.156 e. The van der Waals surface area contributed by atoms with E-state index in [4.69, 9.17) is 4.99 Å². The van der Waals surface area contributed by atoms with E-state index in [1.807, 2.05) is 0 Å². The molecule has 0 bridgehead atoms. The minimum Gasteiger partial charge on any atom is -0.360 e. The molecule has 0 heterocycles. The number of nitrogens with one attached hydrogen (secondary N) is 1. The second kappa shape index (κ2) is 7.56. The Morgan fingerprint density at radius 2 is 2.00 bits per heavy atom. The Hall–Kier alpha value is -0.180. The molecule has 2 nitrogen and oxygen atoms in total. The van der Waals surface area contributed by atoms with Gasteiger partial charge in [0.25, 0.3) is 0 Å². The van der Waals surface area contributed by atoms with E-state index in [2.05, 4.69) is 46.2 Å². The number of rotatable bonds is 4. The van der Waals surface area contributed by atoms with Crippen LogP contribution in [0, 0.1) is 11.8 Å². The summed E-state index contributed by atoms with van der Waals surface area (Å²) in [5.41, 5.74) is 0.140. The molecule has 0 aromatic heterocycles. The average Bonchev–Trinajstić information content (AvgIpc) is 2.39. The fourth-order valence-electron chi connectivity index (χ4n) is 2.84. The van der Waals surface area contributed by atoms with E-state index in [0.717, 1.165) is 23.4 Å². The zero-order valence-electron chi connectivity index (χ0n) is 13.6. The van der Waals surface area contributed by atoms with Crippen molar-refractivity contribution in [3.8, 4) is 0 Å². The van der Waals surface area contributed by atoms with Gasteiger partial charge in [-0.15, -0.1) is 0 Å². The molecule has 0 radical (unpaired) electrons. The predicted octanol–water partition coefficient (Wildman–Crippen LogP) is 4.70. The Balaban J connectivity index is 2.81. The highest BCUT2D eigenvalue weighted by atomic mass is 32.2. The smallest absolute Gasteiger partial charge is 0.156 e. The third kappa shape index (κ3) is 5.02. The van der Waals surface area contributed by atoms with Gasteiger partial charge in [0.05, 0.1) is 6.04 Å². The standard InChI is InChI=1S/C16H32N2S/c1-7-13-11-9-10-12(3)14(13)17-15(19-6)18-16(4,5)8-2/h12-14H,7-11H2,1-6H3,(H,17,18). The van der Waals surface area contributed by atoms with Gasteiger partial charge in [0.15, 0.2) is 5.17 Å². The van der Waals surface area contributed by atoms with E-state index in [1.165, 1.54) is 25.7 Å². The van der Waals surface area contributed by atoms with Gasteiger partial charge >= 0.3 is 0 Å². The molecule has 112 valence electrons. The summed E-state index contributed by atoms with van der Waals surface area (Å²) in [5.74, 6) is 1.50. The molecular formula is C16H32N2S. The molecule has 1 aliphatic rings. The van der Waals surface area contributed by atoms with Crippen molar-refractivity contribution in [2.75, 3.05) is 6.26 Å². The molecule has 3 heteroatoms. The van der Waals surface area contributed by atoms with E-state index in [-0.39, 0.29) is 5.54 Å². The van der Waals surface area contributed by atoms with Gasteiger partial charge in [-0.1, -0.05) is 45.4 Å². The Morgan fingerprint density at radius 3 is 2.53 bits per heavy atom. The molecule has 0 aromatic carbocycles. The zero-order valence-corrected chi connectivity index (χ0v) is 14.4. The van der Waals surface area contributed by atoms with Gasteiger partial charge in [-0.05, 0) is 51.2 Å². The summed E-state index contributed by atoms with van der Waals surface area (Å²) < 4.78 is 0. The number of aliphatic imine (C=N–C) groups is 1. The van der Waals surface area contributed by atoms with Gasteiger partial charge in [0.2, 0.25) is 0 Å². The van der Waals surface area contributed by atoms with Crippen LogP contribution in [0.1, 0.15) is 66.7 Å². The van der Waals surface area contributed by atoms with Crippen LogP contribution >= 0.6 is 11.8 Å². The van der Waals surface area contributed by atoms with Crippen molar-refractivity contribution in [1.29, 1.82) is 0 Å². The van der Waals surface area contributed by atoms with Crippen LogP contribution in [0.5, 0.6) is 0 Å². The summed E-state index contributed by atoms with van der Waals surface area (Å²) in [6.07, 6.45) is 8.58. The molecule has 3 atom stereocenters. The summed E-state index contributed by atoms with van der Waals surface area (Å²) in [4.78, 5) is 5.09. The van der Waals surface area contributed by atoms with E-state index in [9.17, 15) is 0 Å². The van der Waals surface area contributed by atoms with E-state index < -0.39 is 0 Å². The van der Waals surface area contributed by atoms with E-state index in [1.54, 1.807) is 11.8 Å². The Bertz CT molecular complexity index is 299. The lowest BCUT2D eigenvalue weighted by atomic mass is 9.77. The van der Waals surface area contributed by atoms with Gasteiger partial charge in [-0.25, -0.2) is 0 Å². The number of hydrogen-bond acceptors (Lipinski definition) is 2. The third-order valence-corrected chi connectivity index (χ3v) is 5.21. The maximum atomic E-state index is 5.09. The highest BCUT2D eigenvalue weighted by Crippen LogP contribution is 2.34. The highest BCUT2D eigenvalue weighted by molar-refractivity contribution is 8.13. The van der Waals surface area contributed by atoms with Gasteiger partial charge in [-0.2, -0.15) is 0 Å². The van der Waals surface area contributed by atoms with Crippen LogP contribution in [0.2, 0.25) is 0 Å². The van der Waals surface area contributed by atoms with Gasteiger partial charge in [0, 0.05) is 5.54 Å². The van der Waals surface area contributed by atoms with Crippen LogP contribution in [-0.2, 0) is 0 Å². The fraction of sp³-hybridized carbons (Fsp3) is 0.938. The van der Waals surface area contributed by atoms with Gasteiger partial charge < -0.3 is 5.32 Å². The molecule has 1 rings (SSSR count). The summed E-state index contributed by atoms with van der Waals surface area (Å²) in [5, 5.41) is 4.75. The Morgan fingerprint density at radius 1 is 1.32 bits per heavy atom. The molecule has 3 unspecified atom stereocenters. The first-order valence-corrected chi connectivity index (χ1v) is 9.06. The molecule has 0 aromatic rings. The number of hydrogen-bond donors (Lipinski definition) is 1. The number of nitrogens with zero attached hydrogens (tertiary/aromatic N) is 1. The van der Waals surface area contributed by atoms with Gasteiger partial charge in [-0.3, -0.25) is 4.99 Å². The number of amidine groups is 1. The molecule has 1 aliphatic carbocycles. The molecule has 0 aliphatic heterocycles. The first-order chi connectivity index (χ1) is 8.93. The Kier molecular flexibility index (Phi) is 6.72. The molecular weight excluding hydrogens is 252 g/mol. The minimum atomic E-state index is 0.140. The summed E-state index contributed by atoms with van der Waals surface area (Å²) in [7, 11) is 0. The van der Waals surface area contributed by atoms with Crippen molar-refractivity contribution in [2.24, 2.45) is 16.8 Å². The van der Waals surface area contributed by atoms with Crippen molar-refractivity contribution < 1.29 is 0 Å². The third-order valence-electron chi connectivity index (χ3n) is 4.61. The van der Waals surface area contributed by atoms with Crippen LogP contribution in [-0.4, -0.2) is 23.0 Å². The lowest BCUT2D eigenvalue weighted by molar-refractivity contribution is 0.231. The number of thioether (sulfide) groups is 1. The largest absolute Gasteiger partial charge is 0.360 e. The first kappa shape index (κ1) is 16.9. The van der Waals surface area contributed by atoms with Gasteiger partial charge in [0.1, 0.15) is 0 Å². The van der Waals surface area contributed by atoms with Crippen LogP contribution in [0.3, 0.4) is 0 Å². The normalized spacial score (nSPS) is 29.4. The predicted molar refractivity (Wildman–Crippen MR) is 89.0 cm³/mol. The average molecular weight is 285 g/mol. The lowest BCUT2D eigenvalue weighted by Crippen LogP contribution is -2.43. The maximum absolute atomic E-state index is 5.09. The van der Waals surface area contributed by atoms with Crippen LogP contribution in [0.25, 0.3) is 0 Å². The second-order valence-electron chi connectivity index (χ2n) is 6.57. The molecule has 1 fully saturated rings. The van der Waals surface area contributed by atoms with Crippen LogP contribution in [0.4, 0.5) is 0 Å². The van der Waals surface area contributed by atoms with Crippen molar-refractivity contribution in [3.63, 3.8) is 0 Å². The summed E-state index contributed by atoms with van der Waals surface area (Å²) in [6.45, 7) is 11.4. The fourth-order valence-corrected chi connectivity index (χ4v) is 3.44. The minimum absolute atomic E-state index is 0.140. The Labute approximate surface area is 124 Å². The van der Waals surface area contributed by atoms with Crippen LogP contribution in [0.15, 0.2) is 4.99 Å². The van der Waals surface area contributed by atoms with Crippen molar-refractivity contribution in [1.82, 2.24) is 5.32 Å². The summed E-state index contributed by atoms with van der Waals surface area (Å²) >= 11 is 1.76. The van der Waals surface area contributed by atoms with Crippen LogP contribution < -0.4 is 5.32 Å². The van der Waals surface area contributed by atoms with Crippen molar-refractivity contribution in [2.45, 2.75) is 78.3 Å². The first-order valence-electron chi connectivity index (χ1n) is 7.83. The molecule has 0 amide bonds. The van der Waals surface area contributed by atoms with E-state index >= 15 is 0 Å². The second-order valence-corrected chi connectivity index (χ2v) is 7.36. The molecule has 1 saturated carbocycles. The molecule has 19 heavy (non-hydrogen) atoms. The van der Waals surface area contributed by atoms with Crippen molar-refractivity contribution in [3.05, 3.63) is 0 Å². The monoisotopic (exact) mass is 284 g/mol. The summed E-state index contributed by atoms with van der Waals surface area (Å²) in [6, 6.07) is 0.515.